The summed E-state index contributed by atoms with van der Waals surface area (Å²) >= 11 is 0. The van der Waals surface area contributed by atoms with Gasteiger partial charge in [-0.3, -0.25) is 4.79 Å². The number of nitrogens with zero attached hydrogens (tertiary/aromatic N) is 1. The van der Waals surface area contributed by atoms with E-state index in [2.05, 4.69) is 10.5 Å². The Hall–Kier alpha value is -2.37. The van der Waals surface area contributed by atoms with Crippen LogP contribution in [0.25, 0.3) is 0 Å². The number of carboxylic acid groups (broad SMARTS) is 1. The summed E-state index contributed by atoms with van der Waals surface area (Å²) in [4.78, 5) is 21.5. The summed E-state index contributed by atoms with van der Waals surface area (Å²) in [6.45, 7) is 5.52. The molecule has 0 bridgehead atoms. The van der Waals surface area contributed by atoms with Gasteiger partial charge >= 0.3 is 12.0 Å². The van der Waals surface area contributed by atoms with E-state index in [1.807, 2.05) is 32.0 Å². The van der Waals surface area contributed by atoms with Crippen molar-refractivity contribution in [2.24, 2.45) is 10.8 Å². The number of amides is 2. The number of benzene rings is 1. The Balaban J connectivity index is 3.16. The molecule has 0 unspecified atom stereocenters. The standard InChI is InChI=1S/C14H19N3O3/c1-8-4-5-11(9(2)7-13(18)19)12(6-8)10(3)16-17-14(15)20/h4-6,9H,7H2,1-3H3,(H,18,19)(H3,15,17,20)/t9-/m1/s1. The molecule has 1 aromatic rings. The highest BCUT2D eigenvalue weighted by Crippen LogP contribution is 2.24. The van der Waals surface area contributed by atoms with Crippen LogP contribution in [0.3, 0.4) is 0 Å². The number of carbonyl (C=O) groups is 2. The number of hydrogen-bond donors (Lipinski definition) is 3. The Morgan fingerprint density at radius 3 is 2.65 bits per heavy atom. The highest BCUT2D eigenvalue weighted by atomic mass is 16.4. The summed E-state index contributed by atoms with van der Waals surface area (Å²) < 4.78 is 0. The lowest BCUT2D eigenvalue weighted by atomic mass is 9.90. The first kappa shape index (κ1) is 15.7. The van der Waals surface area contributed by atoms with Crippen LogP contribution in [0.4, 0.5) is 4.79 Å². The van der Waals surface area contributed by atoms with Crippen molar-refractivity contribution < 1.29 is 14.7 Å². The number of nitrogens with two attached hydrogens (primary N) is 1. The minimum Gasteiger partial charge on any atom is -0.481 e. The van der Waals surface area contributed by atoms with Gasteiger partial charge in [0.05, 0.1) is 12.1 Å². The Kier molecular flexibility index (Phi) is 5.25. The summed E-state index contributed by atoms with van der Waals surface area (Å²) in [5.41, 5.74) is 10.5. The van der Waals surface area contributed by atoms with Crippen molar-refractivity contribution in [3.63, 3.8) is 0 Å². The highest BCUT2D eigenvalue weighted by molar-refractivity contribution is 6.00. The predicted octanol–water partition coefficient (Wildman–Crippen LogP) is 1.97. The van der Waals surface area contributed by atoms with E-state index < -0.39 is 12.0 Å². The van der Waals surface area contributed by atoms with Gasteiger partial charge in [-0.2, -0.15) is 5.10 Å². The van der Waals surface area contributed by atoms with Crippen molar-refractivity contribution in [3.8, 4) is 0 Å². The van der Waals surface area contributed by atoms with Crippen LogP contribution in [0.15, 0.2) is 23.3 Å². The molecule has 6 nitrogen and oxygen atoms in total. The predicted molar refractivity (Wildman–Crippen MR) is 76.8 cm³/mol. The minimum atomic E-state index is -0.853. The molecule has 0 aromatic heterocycles. The van der Waals surface area contributed by atoms with Crippen LogP contribution in [-0.2, 0) is 4.79 Å². The minimum absolute atomic E-state index is 0.0343. The third-order valence-electron chi connectivity index (χ3n) is 2.94. The molecule has 0 fully saturated rings. The zero-order valence-electron chi connectivity index (χ0n) is 11.8. The van der Waals surface area contributed by atoms with Crippen molar-refractivity contribution in [2.75, 3.05) is 0 Å². The van der Waals surface area contributed by atoms with Crippen LogP contribution in [0.2, 0.25) is 0 Å². The van der Waals surface area contributed by atoms with Gasteiger partial charge in [-0.15, -0.1) is 0 Å². The fourth-order valence-electron chi connectivity index (χ4n) is 1.98. The first-order chi connectivity index (χ1) is 9.31. The number of carbonyl (C=O) groups excluding carboxylic acids is 1. The van der Waals surface area contributed by atoms with Crippen LogP contribution in [0, 0.1) is 6.92 Å². The zero-order valence-corrected chi connectivity index (χ0v) is 11.8. The topological polar surface area (TPSA) is 105 Å². The molecule has 4 N–H and O–H groups in total. The Morgan fingerprint density at radius 2 is 2.10 bits per heavy atom. The first-order valence-corrected chi connectivity index (χ1v) is 6.23. The van der Waals surface area contributed by atoms with Crippen molar-refractivity contribution in [1.82, 2.24) is 5.43 Å². The lowest BCUT2D eigenvalue weighted by molar-refractivity contribution is -0.137. The lowest BCUT2D eigenvalue weighted by Gasteiger charge is -2.15. The molecule has 20 heavy (non-hydrogen) atoms. The molecule has 0 saturated carbocycles. The fourth-order valence-corrected chi connectivity index (χ4v) is 1.98. The maximum Gasteiger partial charge on any atom is 0.332 e. The molecule has 1 rings (SSSR count). The summed E-state index contributed by atoms with van der Waals surface area (Å²) in [7, 11) is 0. The largest absolute Gasteiger partial charge is 0.481 e. The van der Waals surface area contributed by atoms with Crippen LogP contribution in [0.1, 0.15) is 42.9 Å². The van der Waals surface area contributed by atoms with E-state index in [-0.39, 0.29) is 12.3 Å². The van der Waals surface area contributed by atoms with E-state index in [1.54, 1.807) is 6.92 Å². The molecule has 0 aliphatic carbocycles. The third kappa shape index (κ3) is 4.38. The second-order valence-corrected chi connectivity index (χ2v) is 4.76. The number of primary amides is 1. The zero-order chi connectivity index (χ0) is 15.3. The van der Waals surface area contributed by atoms with Gasteiger partial charge in [-0.25, -0.2) is 10.2 Å². The Bertz CT molecular complexity index is 553. The first-order valence-electron chi connectivity index (χ1n) is 6.23. The molecular formula is C14H19N3O3. The summed E-state index contributed by atoms with van der Waals surface area (Å²) in [5.74, 6) is -1.00. The van der Waals surface area contributed by atoms with Crippen molar-refractivity contribution in [2.45, 2.75) is 33.1 Å². The van der Waals surface area contributed by atoms with Crippen molar-refractivity contribution in [1.29, 1.82) is 0 Å². The average Bonchev–Trinajstić information content (AvgIpc) is 2.34. The van der Waals surface area contributed by atoms with E-state index in [4.69, 9.17) is 10.8 Å². The number of hydrazone groups is 1. The monoisotopic (exact) mass is 277 g/mol. The molecule has 0 aliphatic heterocycles. The van der Waals surface area contributed by atoms with E-state index in [0.29, 0.717) is 5.71 Å². The number of aryl methyl sites for hydroxylation is 1. The maximum atomic E-state index is 10.8. The maximum absolute atomic E-state index is 10.8. The number of carboxylic acids is 1. The van der Waals surface area contributed by atoms with Gasteiger partial charge in [0.1, 0.15) is 0 Å². The molecule has 0 aliphatic rings. The highest BCUT2D eigenvalue weighted by Gasteiger charge is 2.15. The Morgan fingerprint density at radius 1 is 1.45 bits per heavy atom. The second kappa shape index (κ2) is 6.70. The van der Waals surface area contributed by atoms with E-state index >= 15 is 0 Å². The third-order valence-corrected chi connectivity index (χ3v) is 2.94. The molecule has 1 atom stereocenters. The van der Waals surface area contributed by atoms with Crippen LogP contribution in [-0.4, -0.2) is 22.8 Å². The lowest BCUT2D eigenvalue weighted by Crippen LogP contribution is -2.25. The van der Waals surface area contributed by atoms with Crippen molar-refractivity contribution in [3.05, 3.63) is 34.9 Å². The smallest absolute Gasteiger partial charge is 0.332 e. The fraction of sp³-hybridized carbons (Fsp3) is 0.357. The molecule has 6 heteroatoms. The van der Waals surface area contributed by atoms with Gasteiger partial charge in [0.15, 0.2) is 0 Å². The molecule has 2 amide bonds. The van der Waals surface area contributed by atoms with Crippen LogP contribution >= 0.6 is 0 Å². The molecule has 0 saturated heterocycles. The second-order valence-electron chi connectivity index (χ2n) is 4.76. The normalized spacial score (nSPS) is 12.8. The van der Waals surface area contributed by atoms with Crippen LogP contribution in [0.5, 0.6) is 0 Å². The molecule has 108 valence electrons. The SMILES string of the molecule is CC(=NNC(N)=O)c1cc(C)ccc1[C@H](C)CC(=O)O. The van der Waals surface area contributed by atoms with Crippen molar-refractivity contribution >= 4 is 17.7 Å². The number of urea groups is 1. The molecular weight excluding hydrogens is 258 g/mol. The van der Waals surface area contributed by atoms with Gasteiger partial charge in [0, 0.05) is 5.56 Å². The van der Waals surface area contributed by atoms with E-state index in [0.717, 1.165) is 16.7 Å². The molecule has 0 radical (unpaired) electrons. The van der Waals surface area contributed by atoms with E-state index in [9.17, 15) is 9.59 Å². The molecule has 0 spiro atoms. The summed E-state index contributed by atoms with van der Waals surface area (Å²) in [6.07, 6.45) is 0.0343. The van der Waals surface area contributed by atoms with Crippen LogP contribution < -0.4 is 11.2 Å². The van der Waals surface area contributed by atoms with Gasteiger partial charge in [-0.05, 0) is 31.4 Å². The number of hydrogen-bond acceptors (Lipinski definition) is 3. The summed E-state index contributed by atoms with van der Waals surface area (Å²) in [5, 5.41) is 12.8. The number of nitrogens with one attached hydrogen (secondary N) is 1. The molecule has 1 aromatic carbocycles. The average molecular weight is 277 g/mol. The van der Waals surface area contributed by atoms with Gasteiger partial charge in [0.25, 0.3) is 0 Å². The van der Waals surface area contributed by atoms with Gasteiger partial charge < -0.3 is 10.8 Å². The van der Waals surface area contributed by atoms with Gasteiger partial charge in [-0.1, -0.05) is 24.6 Å². The Labute approximate surface area is 117 Å². The van der Waals surface area contributed by atoms with E-state index in [1.165, 1.54) is 0 Å². The molecule has 0 heterocycles. The number of rotatable bonds is 5. The number of aliphatic carboxylic acids is 1. The summed E-state index contributed by atoms with van der Waals surface area (Å²) in [6, 6.07) is 4.99. The quantitative estimate of drug-likeness (QED) is 0.566. The van der Waals surface area contributed by atoms with Gasteiger partial charge in [0.2, 0.25) is 0 Å².